The molecule has 3 atom stereocenters. The average Bonchev–Trinajstić information content (AvgIpc) is 3.16. The molecule has 1 aromatic rings. The number of aliphatic hydroxyl groups excluding tert-OH is 1. The van der Waals surface area contributed by atoms with Gasteiger partial charge in [-0.3, -0.25) is 10.1 Å². The number of nitro benzene ring substituents is 1. The van der Waals surface area contributed by atoms with Gasteiger partial charge in [-0.25, -0.2) is 8.42 Å². The number of hydrogen-bond donors (Lipinski definition) is 1. The molecule has 10 heteroatoms. The van der Waals surface area contributed by atoms with Gasteiger partial charge in [-0.1, -0.05) is 0 Å². The number of benzene rings is 1. The van der Waals surface area contributed by atoms with Crippen molar-refractivity contribution in [3.05, 3.63) is 34.4 Å². The Bertz CT molecular complexity index is 746. The lowest BCUT2D eigenvalue weighted by atomic mass is 9.83. The molecular weight excluding hydrogens is 364 g/mol. The van der Waals surface area contributed by atoms with Gasteiger partial charge < -0.3 is 14.6 Å². The van der Waals surface area contributed by atoms with Gasteiger partial charge in [-0.2, -0.15) is 4.31 Å². The zero-order valence-electron chi connectivity index (χ0n) is 14.4. The molecule has 1 heterocycles. The molecule has 1 saturated carbocycles. The minimum absolute atomic E-state index is 0.0143. The SMILES string of the molecule is CN(C1CC(C2OCCO2)CCC1O)S(=O)(=O)c1ccc([N+](=O)[O-])cc1. The van der Waals surface area contributed by atoms with Crippen LogP contribution in [0.15, 0.2) is 29.2 Å². The first-order valence-electron chi connectivity index (χ1n) is 8.44. The third-order valence-corrected chi connectivity index (χ3v) is 6.94. The molecular formula is C16H22N2O7S. The van der Waals surface area contributed by atoms with Crippen LogP contribution in [-0.4, -0.2) is 61.5 Å². The average molecular weight is 386 g/mol. The topological polar surface area (TPSA) is 119 Å². The number of hydrogen-bond acceptors (Lipinski definition) is 7. The van der Waals surface area contributed by atoms with Crippen LogP contribution in [0.4, 0.5) is 5.69 Å². The fourth-order valence-corrected chi connectivity index (χ4v) is 4.93. The quantitative estimate of drug-likeness (QED) is 0.595. The van der Waals surface area contributed by atoms with E-state index < -0.39 is 27.1 Å². The van der Waals surface area contributed by atoms with Crippen LogP contribution in [0, 0.1) is 16.0 Å². The summed E-state index contributed by atoms with van der Waals surface area (Å²) >= 11 is 0. The summed E-state index contributed by atoms with van der Waals surface area (Å²) < 4.78 is 37.9. The van der Waals surface area contributed by atoms with Crippen LogP contribution in [0.5, 0.6) is 0 Å². The summed E-state index contributed by atoms with van der Waals surface area (Å²) in [5.74, 6) is 0.0143. The van der Waals surface area contributed by atoms with Gasteiger partial charge in [0.15, 0.2) is 6.29 Å². The van der Waals surface area contributed by atoms with Gasteiger partial charge in [0.05, 0.1) is 35.2 Å². The van der Waals surface area contributed by atoms with E-state index in [0.29, 0.717) is 32.5 Å². The second kappa shape index (κ2) is 7.57. The summed E-state index contributed by atoms with van der Waals surface area (Å²) in [6, 6.07) is 4.11. The second-order valence-corrected chi connectivity index (χ2v) is 8.59. The number of aliphatic hydroxyl groups is 1. The van der Waals surface area contributed by atoms with Crippen LogP contribution < -0.4 is 0 Å². The zero-order chi connectivity index (χ0) is 18.9. The molecule has 0 bridgehead atoms. The van der Waals surface area contributed by atoms with Crippen molar-refractivity contribution in [2.75, 3.05) is 20.3 Å². The molecule has 3 rings (SSSR count). The van der Waals surface area contributed by atoms with Crippen molar-refractivity contribution in [1.82, 2.24) is 4.31 Å². The summed E-state index contributed by atoms with van der Waals surface area (Å²) in [5, 5.41) is 21.1. The lowest BCUT2D eigenvalue weighted by Gasteiger charge is -2.39. The second-order valence-electron chi connectivity index (χ2n) is 6.59. The standard InChI is InChI=1S/C16H22N2O7S/c1-17(26(22,23)13-5-3-12(4-6-13)18(20)21)14-10-11(2-7-15(14)19)16-24-8-9-25-16/h3-6,11,14-16,19H,2,7-10H2,1H3. The van der Waals surface area contributed by atoms with Gasteiger partial charge in [0.2, 0.25) is 10.0 Å². The molecule has 9 nitrogen and oxygen atoms in total. The van der Waals surface area contributed by atoms with Crippen molar-refractivity contribution in [3.63, 3.8) is 0 Å². The van der Waals surface area contributed by atoms with Crippen molar-refractivity contribution in [2.24, 2.45) is 5.92 Å². The number of rotatable bonds is 5. The van der Waals surface area contributed by atoms with Gasteiger partial charge in [-0.05, 0) is 31.4 Å². The van der Waals surface area contributed by atoms with E-state index in [9.17, 15) is 23.6 Å². The van der Waals surface area contributed by atoms with E-state index in [4.69, 9.17) is 9.47 Å². The number of sulfonamides is 1. The number of nitrogens with zero attached hydrogens (tertiary/aromatic N) is 2. The highest BCUT2D eigenvalue weighted by molar-refractivity contribution is 7.89. The van der Waals surface area contributed by atoms with Crippen molar-refractivity contribution >= 4 is 15.7 Å². The fraction of sp³-hybridized carbons (Fsp3) is 0.625. The first kappa shape index (κ1) is 19.2. The molecule has 1 N–H and O–H groups in total. The van der Waals surface area contributed by atoms with Gasteiger partial charge in [0, 0.05) is 25.1 Å². The fourth-order valence-electron chi connectivity index (χ4n) is 3.53. The third kappa shape index (κ3) is 3.74. The Balaban J connectivity index is 1.78. The van der Waals surface area contributed by atoms with E-state index in [0.717, 1.165) is 16.4 Å². The Labute approximate surface area is 151 Å². The van der Waals surface area contributed by atoms with E-state index in [2.05, 4.69) is 0 Å². The number of non-ortho nitro benzene ring substituents is 1. The Kier molecular flexibility index (Phi) is 5.58. The molecule has 26 heavy (non-hydrogen) atoms. The van der Waals surface area contributed by atoms with Crippen LogP contribution >= 0.6 is 0 Å². The maximum absolute atomic E-state index is 12.9. The van der Waals surface area contributed by atoms with E-state index >= 15 is 0 Å². The predicted molar refractivity (Wildman–Crippen MR) is 90.9 cm³/mol. The van der Waals surface area contributed by atoms with Crippen molar-refractivity contribution in [2.45, 2.75) is 42.6 Å². The van der Waals surface area contributed by atoms with Crippen molar-refractivity contribution in [3.8, 4) is 0 Å². The Morgan fingerprint density at radius 1 is 1.19 bits per heavy atom. The van der Waals surface area contributed by atoms with Gasteiger partial charge in [-0.15, -0.1) is 0 Å². The highest BCUT2D eigenvalue weighted by atomic mass is 32.2. The van der Waals surface area contributed by atoms with E-state index in [1.165, 1.54) is 19.2 Å². The number of ether oxygens (including phenoxy) is 2. The number of nitro groups is 1. The van der Waals surface area contributed by atoms with Crippen LogP contribution in [0.25, 0.3) is 0 Å². The molecule has 3 unspecified atom stereocenters. The van der Waals surface area contributed by atoms with Crippen LogP contribution in [0.1, 0.15) is 19.3 Å². The van der Waals surface area contributed by atoms with E-state index in [1.807, 2.05) is 0 Å². The summed E-state index contributed by atoms with van der Waals surface area (Å²) in [6.45, 7) is 1.04. The lowest BCUT2D eigenvalue weighted by molar-refractivity contribution is -0.384. The Morgan fingerprint density at radius 2 is 1.81 bits per heavy atom. The molecule has 1 aliphatic heterocycles. The van der Waals surface area contributed by atoms with E-state index in [1.54, 1.807) is 0 Å². The predicted octanol–water partition coefficient (Wildman–Crippen LogP) is 1.12. The van der Waals surface area contributed by atoms with Gasteiger partial charge in [0.1, 0.15) is 0 Å². The lowest BCUT2D eigenvalue weighted by Crippen LogP contribution is -2.49. The Morgan fingerprint density at radius 3 is 2.38 bits per heavy atom. The van der Waals surface area contributed by atoms with Crippen LogP contribution in [0.2, 0.25) is 0 Å². The van der Waals surface area contributed by atoms with E-state index in [-0.39, 0.29) is 22.8 Å². The summed E-state index contributed by atoms with van der Waals surface area (Å²) in [6.07, 6.45) is 0.437. The Hall–Kier alpha value is -1.59. The van der Waals surface area contributed by atoms with Crippen LogP contribution in [-0.2, 0) is 19.5 Å². The summed E-state index contributed by atoms with van der Waals surface area (Å²) in [4.78, 5) is 10.1. The monoisotopic (exact) mass is 386 g/mol. The zero-order valence-corrected chi connectivity index (χ0v) is 15.2. The smallest absolute Gasteiger partial charge is 0.269 e. The van der Waals surface area contributed by atoms with Gasteiger partial charge >= 0.3 is 0 Å². The molecule has 1 aromatic carbocycles. The third-order valence-electron chi connectivity index (χ3n) is 5.05. The largest absolute Gasteiger partial charge is 0.391 e. The molecule has 1 aliphatic carbocycles. The summed E-state index contributed by atoms with van der Waals surface area (Å²) in [5.41, 5.74) is -0.181. The maximum atomic E-state index is 12.9. The number of likely N-dealkylation sites (N-methyl/N-ethyl adjacent to an activating group) is 1. The minimum Gasteiger partial charge on any atom is -0.391 e. The first-order valence-corrected chi connectivity index (χ1v) is 9.88. The summed E-state index contributed by atoms with van der Waals surface area (Å²) in [7, 11) is -2.47. The molecule has 0 radical (unpaired) electrons. The molecule has 2 fully saturated rings. The maximum Gasteiger partial charge on any atom is 0.269 e. The molecule has 0 amide bonds. The molecule has 0 spiro atoms. The highest BCUT2D eigenvalue weighted by Crippen LogP contribution is 2.34. The minimum atomic E-state index is -3.89. The molecule has 1 saturated heterocycles. The van der Waals surface area contributed by atoms with Gasteiger partial charge in [0.25, 0.3) is 5.69 Å². The first-order chi connectivity index (χ1) is 12.3. The highest BCUT2D eigenvalue weighted by Gasteiger charge is 2.41. The normalized spacial score (nSPS) is 27.7. The molecule has 2 aliphatic rings. The molecule has 0 aromatic heterocycles. The van der Waals surface area contributed by atoms with Crippen molar-refractivity contribution in [1.29, 1.82) is 0 Å². The van der Waals surface area contributed by atoms with Crippen LogP contribution in [0.3, 0.4) is 0 Å². The molecule has 144 valence electrons. The van der Waals surface area contributed by atoms with Crippen molar-refractivity contribution < 1.29 is 27.9 Å².